The van der Waals surface area contributed by atoms with E-state index >= 15 is 0 Å². The summed E-state index contributed by atoms with van der Waals surface area (Å²) >= 11 is 18.5. The van der Waals surface area contributed by atoms with Crippen LogP contribution in [0, 0.1) is 11.8 Å². The van der Waals surface area contributed by atoms with Gasteiger partial charge in [0.05, 0.1) is 17.2 Å². The molecule has 4 heterocycles. The van der Waals surface area contributed by atoms with Crippen LogP contribution in [0.2, 0.25) is 10.0 Å². The number of ether oxygens (including phenoxy) is 1. The first kappa shape index (κ1) is 60.0. The van der Waals surface area contributed by atoms with Gasteiger partial charge in [0.2, 0.25) is 20.0 Å². The minimum absolute atomic E-state index is 0.00766. The minimum Gasteiger partial charge on any atom is -0.381 e. The zero-order valence-corrected chi connectivity index (χ0v) is 48.3. The number of amides is 1. The molecule has 8 aromatic rings. The molecule has 14 nitrogen and oxygen atoms in total. The number of hydrogen-bond donors (Lipinski definition) is 3. The number of sulfonamides is 2. The molecule has 0 saturated carbocycles. The Labute approximate surface area is 460 Å². The summed E-state index contributed by atoms with van der Waals surface area (Å²) in [4.78, 5) is 31.8. The average Bonchev–Trinajstić information content (AvgIpc) is 4.21. The molecule has 5 aromatic carbocycles. The highest BCUT2D eigenvalue weighted by Crippen LogP contribution is 2.27. The predicted molar refractivity (Wildman–Crippen MR) is 305 cm³/mol. The summed E-state index contributed by atoms with van der Waals surface area (Å²) in [7, 11) is -5.26. The van der Waals surface area contributed by atoms with E-state index in [0.29, 0.717) is 11.5 Å². The Kier molecular flexibility index (Phi) is 22.5. The van der Waals surface area contributed by atoms with Gasteiger partial charge in [-0.2, -0.15) is 0 Å². The molecule has 1 amide bonds. The van der Waals surface area contributed by atoms with Crippen molar-refractivity contribution in [1.82, 2.24) is 19.2 Å². The van der Waals surface area contributed by atoms with Crippen LogP contribution in [0.4, 0.5) is 0 Å². The van der Waals surface area contributed by atoms with Gasteiger partial charge in [-0.15, -0.1) is 0 Å². The lowest BCUT2D eigenvalue weighted by molar-refractivity contribution is -0.0757. The van der Waals surface area contributed by atoms with Crippen molar-refractivity contribution in [2.75, 3.05) is 27.4 Å². The number of fused-ring (bicyclic) bond motifs is 3. The number of primary sulfonamides is 2. The van der Waals surface area contributed by atoms with E-state index in [9.17, 15) is 26.4 Å². The molecule has 1 fully saturated rings. The Balaban J connectivity index is 0.000000186. The smallest absolute Gasteiger partial charge is 0.277 e. The molecule has 1 saturated heterocycles. The van der Waals surface area contributed by atoms with Gasteiger partial charge in [-0.25, -0.2) is 32.2 Å². The van der Waals surface area contributed by atoms with Crippen LogP contribution in [-0.4, -0.2) is 75.1 Å². The van der Waals surface area contributed by atoms with Crippen molar-refractivity contribution in [3.63, 3.8) is 0 Å². The third kappa shape index (κ3) is 17.6. The highest BCUT2D eigenvalue weighted by Gasteiger charge is 2.20. The standard InChI is InChI=1S/C20H21ClN2O3S.C13H16BrN.C9H11ClN2O4S.C8H6BrN.C4H8O/c1-13(2)7-9-23-10-8-14-11-15(4-6-18(14)23)20(24)16-3-5-17(21)19(12-16)27(22,25)26;1-10(2)5-7-15-8-6-11-9-12(14)3-4-13(11)15;1-12(16-2)9(13)6-3-4-7(10)8(5-6)17(11,14)15;9-7-1-2-8-6(5-7)3-4-10-8;1-2-4-5-3-1/h3-6,8,10-13H,7,9H2,1-2H3,(H2,22,25,26);3-4,6,8-10H,5,7H2,1-2H3;3-5H,1-2H3,(H2,11,14,15);1-5,10H;1-4H2. The topological polar surface area (TPSA) is 202 Å². The number of aryl methyl sites for hydroxylation is 2. The molecule has 0 radical (unpaired) electrons. The maximum absolute atomic E-state index is 12.8. The fraction of sp³-hybridized carbons (Fsp3) is 0.296. The monoisotopic (exact) mass is 1210 g/mol. The van der Waals surface area contributed by atoms with Crippen LogP contribution in [-0.2, 0) is 42.7 Å². The van der Waals surface area contributed by atoms with E-state index in [1.165, 1.54) is 85.6 Å². The van der Waals surface area contributed by atoms with E-state index in [-0.39, 0.29) is 36.7 Å². The molecule has 1 aliphatic heterocycles. The number of carbonyl (C=O) groups is 2. The number of carbonyl (C=O) groups excluding carboxylic acids is 2. The van der Waals surface area contributed by atoms with E-state index in [1.807, 2.05) is 36.7 Å². The number of hydrogen-bond acceptors (Lipinski definition) is 8. The summed E-state index contributed by atoms with van der Waals surface area (Å²) in [6, 6.07) is 32.2. The number of hydroxylamine groups is 2. The molecule has 0 bridgehead atoms. The van der Waals surface area contributed by atoms with Gasteiger partial charge >= 0.3 is 0 Å². The van der Waals surface area contributed by atoms with Gasteiger partial charge in [-0.3, -0.25) is 14.4 Å². The van der Waals surface area contributed by atoms with Gasteiger partial charge in [0, 0.05) is 110 Å². The van der Waals surface area contributed by atoms with E-state index in [1.54, 1.807) is 6.07 Å². The van der Waals surface area contributed by atoms with Crippen molar-refractivity contribution >= 4 is 120 Å². The first-order chi connectivity index (χ1) is 35.0. The number of ketones is 1. The molecular weight excluding hydrogens is 1160 g/mol. The van der Waals surface area contributed by atoms with Gasteiger partial charge in [-0.05, 0) is 147 Å². The lowest BCUT2D eigenvalue weighted by atomic mass is 10.0. The fourth-order valence-electron chi connectivity index (χ4n) is 7.38. The van der Waals surface area contributed by atoms with Gasteiger partial charge in [-0.1, -0.05) is 82.8 Å². The van der Waals surface area contributed by atoms with E-state index in [2.05, 4.69) is 122 Å². The Morgan fingerprint density at radius 2 is 1.12 bits per heavy atom. The fourth-order valence-corrected chi connectivity index (χ4v) is 10.3. The Bertz CT molecular complexity index is 3400. The largest absolute Gasteiger partial charge is 0.381 e. The Hall–Kier alpha value is -4.86. The minimum atomic E-state index is -4.00. The molecule has 3 aromatic heterocycles. The second-order valence-electron chi connectivity index (χ2n) is 18.1. The number of aromatic nitrogens is 3. The number of halogens is 4. The molecule has 0 atom stereocenters. The zero-order chi connectivity index (χ0) is 54.3. The lowest BCUT2D eigenvalue weighted by Gasteiger charge is -2.14. The summed E-state index contributed by atoms with van der Waals surface area (Å²) < 4.78 is 57.4. The van der Waals surface area contributed by atoms with Crippen molar-refractivity contribution in [2.24, 2.45) is 22.1 Å². The summed E-state index contributed by atoms with van der Waals surface area (Å²) in [6.45, 7) is 12.9. The molecule has 0 unspecified atom stereocenters. The summed E-state index contributed by atoms with van der Waals surface area (Å²) in [6.07, 6.45) is 11.0. The Morgan fingerprint density at radius 1 is 0.662 bits per heavy atom. The summed E-state index contributed by atoms with van der Waals surface area (Å²) in [5.74, 6) is 0.585. The number of benzene rings is 5. The van der Waals surface area contributed by atoms with E-state index in [0.717, 1.165) is 69.6 Å². The van der Waals surface area contributed by atoms with Crippen molar-refractivity contribution in [3.05, 3.63) is 163 Å². The van der Waals surface area contributed by atoms with Gasteiger partial charge in [0.25, 0.3) is 5.91 Å². The van der Waals surface area contributed by atoms with Gasteiger partial charge < -0.3 is 18.9 Å². The first-order valence-electron chi connectivity index (χ1n) is 23.6. The van der Waals surface area contributed by atoms with Crippen LogP contribution in [0.1, 0.15) is 79.7 Å². The summed E-state index contributed by atoms with van der Waals surface area (Å²) in [5.41, 5.74) is 4.40. The SMILES string of the molecule is Brc1ccc2[nH]ccc2c1.C1CCOC1.CC(C)CCn1ccc2cc(Br)ccc21.CC(C)CCn1ccc2cc(C(=O)c3ccc(Cl)c(S(N)(=O)=O)c3)ccc21.CON(C)C(=O)c1ccc(Cl)c(S(N)(=O)=O)c1. The molecule has 396 valence electrons. The molecule has 5 N–H and O–H groups in total. The van der Waals surface area contributed by atoms with E-state index in [4.69, 9.17) is 43.1 Å². The maximum Gasteiger partial charge on any atom is 0.277 e. The number of nitrogens with zero attached hydrogens (tertiary/aromatic N) is 3. The van der Waals surface area contributed by atoms with Crippen molar-refractivity contribution in [3.8, 4) is 0 Å². The second kappa shape index (κ2) is 27.8. The van der Waals surface area contributed by atoms with Crippen molar-refractivity contribution < 1.29 is 36.0 Å². The van der Waals surface area contributed by atoms with Crippen LogP contribution < -0.4 is 10.3 Å². The first-order valence-corrected chi connectivity index (χ1v) is 29.1. The van der Waals surface area contributed by atoms with Crippen LogP contribution in [0.15, 0.2) is 147 Å². The molecular formula is C54H62Br2Cl2N6O8S2. The van der Waals surface area contributed by atoms with Crippen molar-refractivity contribution in [1.29, 1.82) is 0 Å². The second-order valence-corrected chi connectivity index (χ2v) is 23.8. The van der Waals surface area contributed by atoms with Gasteiger partial charge in [0.1, 0.15) is 9.79 Å². The van der Waals surface area contributed by atoms with Crippen LogP contribution in [0.5, 0.6) is 0 Å². The molecule has 0 aliphatic carbocycles. The summed E-state index contributed by atoms with van der Waals surface area (Å²) in [5, 5.41) is 14.6. The lowest BCUT2D eigenvalue weighted by Crippen LogP contribution is -2.25. The molecule has 20 heteroatoms. The number of aromatic amines is 1. The van der Waals surface area contributed by atoms with Crippen molar-refractivity contribution in [2.45, 2.75) is 76.3 Å². The van der Waals surface area contributed by atoms with Crippen LogP contribution >= 0.6 is 55.1 Å². The highest BCUT2D eigenvalue weighted by atomic mass is 79.9. The Morgan fingerprint density at radius 3 is 1.62 bits per heavy atom. The quantitative estimate of drug-likeness (QED) is 0.0792. The maximum atomic E-state index is 12.8. The third-order valence-corrected chi connectivity index (χ3v) is 15.3. The number of H-pyrrole nitrogens is 1. The number of nitrogens with two attached hydrogens (primary N) is 2. The molecule has 9 rings (SSSR count). The average molecular weight is 1220 g/mol. The number of nitrogens with one attached hydrogen (secondary N) is 1. The van der Waals surface area contributed by atoms with Gasteiger partial charge in [0.15, 0.2) is 5.78 Å². The molecule has 74 heavy (non-hydrogen) atoms. The zero-order valence-electron chi connectivity index (χ0n) is 42.0. The molecule has 1 aliphatic rings. The number of rotatable bonds is 12. The molecule has 0 spiro atoms. The van der Waals surface area contributed by atoms with Crippen LogP contribution in [0.3, 0.4) is 0 Å². The van der Waals surface area contributed by atoms with Crippen LogP contribution in [0.25, 0.3) is 32.7 Å². The predicted octanol–water partition coefficient (Wildman–Crippen LogP) is 13.0. The highest BCUT2D eigenvalue weighted by molar-refractivity contribution is 9.10. The van der Waals surface area contributed by atoms with E-state index < -0.39 is 26.0 Å². The normalized spacial score (nSPS) is 12.4. The third-order valence-electron chi connectivity index (χ3n) is 11.5.